The Bertz CT molecular complexity index is 1130. The third kappa shape index (κ3) is 3.70. The van der Waals surface area contributed by atoms with Gasteiger partial charge in [-0.25, -0.2) is 4.52 Å². The molecule has 28 heavy (non-hydrogen) atoms. The van der Waals surface area contributed by atoms with Crippen molar-refractivity contribution in [2.45, 2.75) is 31.1 Å². The zero-order valence-electron chi connectivity index (χ0n) is 16.0. The Kier molecular flexibility index (Phi) is 4.76. The van der Waals surface area contributed by atoms with Crippen molar-refractivity contribution >= 4 is 34.9 Å². The number of pyridine rings is 1. The Morgan fingerprint density at radius 2 is 1.79 bits per heavy atom. The van der Waals surface area contributed by atoms with Crippen molar-refractivity contribution in [3.05, 3.63) is 53.1 Å². The summed E-state index contributed by atoms with van der Waals surface area (Å²) in [6, 6.07) is 14.1. The van der Waals surface area contributed by atoms with E-state index in [1.807, 2.05) is 18.2 Å². The lowest BCUT2D eigenvalue weighted by atomic mass is 9.87. The van der Waals surface area contributed by atoms with E-state index in [2.05, 4.69) is 70.3 Å². The predicted octanol–water partition coefficient (Wildman–Crippen LogP) is 4.59. The van der Waals surface area contributed by atoms with Gasteiger partial charge in [-0.3, -0.25) is 0 Å². The van der Waals surface area contributed by atoms with Crippen LogP contribution < -0.4 is 4.72 Å². The van der Waals surface area contributed by atoms with Crippen molar-refractivity contribution in [2.24, 2.45) is 7.05 Å². The normalized spacial score (nSPS) is 11.9. The molecule has 0 unspecified atom stereocenters. The molecule has 4 rings (SSSR count). The van der Waals surface area contributed by atoms with Gasteiger partial charge in [-0.2, -0.15) is 9.90 Å². The average molecular weight is 414 g/mol. The zero-order chi connectivity index (χ0) is 19.9. The molecule has 144 valence electrons. The summed E-state index contributed by atoms with van der Waals surface area (Å²) in [5.74, 6) is 1.26. The first-order valence-corrected chi connectivity index (χ1v) is 9.97. The van der Waals surface area contributed by atoms with E-state index in [9.17, 15) is 0 Å². The van der Waals surface area contributed by atoms with Crippen molar-refractivity contribution < 1.29 is 0 Å². The van der Waals surface area contributed by atoms with Gasteiger partial charge in [-0.1, -0.05) is 44.5 Å². The summed E-state index contributed by atoms with van der Waals surface area (Å²) in [5, 5.41) is 17.3. The summed E-state index contributed by atoms with van der Waals surface area (Å²) in [7, 11) is 1.72. The van der Waals surface area contributed by atoms with Gasteiger partial charge in [-0.05, 0) is 58.5 Å². The van der Waals surface area contributed by atoms with Crippen LogP contribution in [0.1, 0.15) is 26.3 Å². The molecule has 1 aromatic carbocycles. The Labute approximate surface area is 172 Å². The smallest absolute Gasteiger partial charge is 0.225 e. The maximum Gasteiger partial charge on any atom is 0.225 e. The number of aryl methyl sites for hydroxylation is 1. The van der Waals surface area contributed by atoms with Crippen LogP contribution in [0.15, 0.2) is 47.4 Å². The highest BCUT2D eigenvalue weighted by Gasteiger charge is 2.15. The van der Waals surface area contributed by atoms with Crippen LogP contribution in [-0.2, 0) is 12.5 Å². The van der Waals surface area contributed by atoms with E-state index < -0.39 is 0 Å². The highest BCUT2D eigenvalue weighted by Crippen LogP contribution is 2.29. The number of fused-ring (bicyclic) bond motifs is 1. The largest absolute Gasteiger partial charge is 0.310 e. The SMILES string of the molecule is Cn1nnc(-c2cc3c(Cl)ccc(NSc4ccc(C(C)(C)C)cc4)n3n2)n1. The van der Waals surface area contributed by atoms with Crippen molar-refractivity contribution in [2.75, 3.05) is 4.72 Å². The van der Waals surface area contributed by atoms with E-state index in [0.717, 1.165) is 16.2 Å². The molecule has 0 bridgehead atoms. The standard InChI is InChI=1S/C19H20ClN7S/c1-19(2,3)12-5-7-13(8-6-12)28-24-17-10-9-14(20)16-11-15(22-27(16)17)18-21-25-26(4)23-18/h5-11,24H,1-4H3. The molecule has 0 fully saturated rings. The molecule has 0 aliphatic rings. The second-order valence-corrected chi connectivity index (χ2v) is 8.76. The van der Waals surface area contributed by atoms with Crippen LogP contribution >= 0.6 is 23.5 Å². The number of hydrogen-bond donors (Lipinski definition) is 1. The third-order valence-electron chi connectivity index (χ3n) is 4.30. The lowest BCUT2D eigenvalue weighted by molar-refractivity contribution is 0.590. The quantitative estimate of drug-likeness (QED) is 0.493. The molecule has 4 aromatic rings. The van der Waals surface area contributed by atoms with Gasteiger partial charge < -0.3 is 4.72 Å². The van der Waals surface area contributed by atoms with Crippen LogP contribution in [-0.4, -0.2) is 29.8 Å². The van der Waals surface area contributed by atoms with E-state index in [1.54, 1.807) is 11.6 Å². The summed E-state index contributed by atoms with van der Waals surface area (Å²) in [5.41, 5.74) is 2.83. The summed E-state index contributed by atoms with van der Waals surface area (Å²) in [6.45, 7) is 6.62. The van der Waals surface area contributed by atoms with Crippen LogP contribution in [0, 0.1) is 0 Å². The fraction of sp³-hybridized carbons (Fsp3) is 0.263. The van der Waals surface area contributed by atoms with Gasteiger partial charge in [0.05, 0.1) is 17.6 Å². The lowest BCUT2D eigenvalue weighted by Crippen LogP contribution is -2.10. The number of nitrogens with one attached hydrogen (secondary N) is 1. The van der Waals surface area contributed by atoms with Gasteiger partial charge in [0, 0.05) is 4.90 Å². The van der Waals surface area contributed by atoms with E-state index in [1.165, 1.54) is 22.3 Å². The Balaban J connectivity index is 1.60. The fourth-order valence-corrected chi connectivity index (χ4v) is 3.60. The van der Waals surface area contributed by atoms with Crippen LogP contribution in [0.25, 0.3) is 17.0 Å². The Morgan fingerprint density at radius 3 is 2.43 bits per heavy atom. The van der Waals surface area contributed by atoms with Gasteiger partial charge in [-0.15, -0.1) is 10.2 Å². The molecule has 0 saturated carbocycles. The molecule has 1 N–H and O–H groups in total. The van der Waals surface area contributed by atoms with E-state index >= 15 is 0 Å². The van der Waals surface area contributed by atoms with E-state index in [0.29, 0.717) is 16.5 Å². The van der Waals surface area contributed by atoms with Crippen LogP contribution in [0.3, 0.4) is 0 Å². The molecule has 0 aliphatic carbocycles. The van der Waals surface area contributed by atoms with Crippen LogP contribution in [0.5, 0.6) is 0 Å². The number of hydrogen-bond acceptors (Lipinski definition) is 6. The highest BCUT2D eigenvalue weighted by atomic mass is 35.5. The molecule has 3 heterocycles. The maximum atomic E-state index is 6.36. The van der Waals surface area contributed by atoms with E-state index in [4.69, 9.17) is 11.6 Å². The number of anilines is 1. The Hall–Kier alpha value is -2.58. The van der Waals surface area contributed by atoms with Gasteiger partial charge in [0.1, 0.15) is 11.5 Å². The molecule has 9 heteroatoms. The third-order valence-corrected chi connectivity index (χ3v) is 5.44. The van der Waals surface area contributed by atoms with Crippen molar-refractivity contribution in [3.8, 4) is 11.5 Å². The second kappa shape index (κ2) is 7.10. The van der Waals surface area contributed by atoms with Crippen molar-refractivity contribution in [3.63, 3.8) is 0 Å². The maximum absolute atomic E-state index is 6.36. The molecule has 0 amide bonds. The van der Waals surface area contributed by atoms with Gasteiger partial charge >= 0.3 is 0 Å². The molecule has 0 spiro atoms. The molecular weight excluding hydrogens is 394 g/mol. The number of rotatable bonds is 4. The minimum atomic E-state index is 0.138. The summed E-state index contributed by atoms with van der Waals surface area (Å²) >= 11 is 7.88. The fourth-order valence-electron chi connectivity index (χ4n) is 2.75. The number of nitrogens with zero attached hydrogens (tertiary/aromatic N) is 6. The van der Waals surface area contributed by atoms with E-state index in [-0.39, 0.29) is 5.41 Å². The van der Waals surface area contributed by atoms with Crippen LogP contribution in [0.4, 0.5) is 5.82 Å². The zero-order valence-corrected chi connectivity index (χ0v) is 17.6. The number of tetrazole rings is 1. The second-order valence-electron chi connectivity index (χ2n) is 7.47. The number of halogens is 1. The molecule has 0 atom stereocenters. The molecule has 0 radical (unpaired) electrons. The van der Waals surface area contributed by atoms with Gasteiger partial charge in [0.15, 0.2) is 0 Å². The molecule has 3 aromatic heterocycles. The molecule has 0 aliphatic heterocycles. The minimum absolute atomic E-state index is 0.138. The summed E-state index contributed by atoms with van der Waals surface area (Å²) in [6.07, 6.45) is 0. The predicted molar refractivity (Wildman–Crippen MR) is 113 cm³/mol. The molecular formula is C19H20ClN7S. The minimum Gasteiger partial charge on any atom is -0.310 e. The van der Waals surface area contributed by atoms with Crippen molar-refractivity contribution in [1.82, 2.24) is 29.8 Å². The molecule has 7 nitrogen and oxygen atoms in total. The lowest BCUT2D eigenvalue weighted by Gasteiger charge is -2.19. The first-order chi connectivity index (χ1) is 13.3. The number of aromatic nitrogens is 6. The summed E-state index contributed by atoms with van der Waals surface area (Å²) < 4.78 is 5.11. The average Bonchev–Trinajstić information content (AvgIpc) is 3.28. The first-order valence-electron chi connectivity index (χ1n) is 8.77. The van der Waals surface area contributed by atoms with Gasteiger partial charge in [0.25, 0.3) is 0 Å². The Morgan fingerprint density at radius 1 is 1.04 bits per heavy atom. The van der Waals surface area contributed by atoms with Crippen LogP contribution in [0.2, 0.25) is 5.02 Å². The molecule has 0 saturated heterocycles. The van der Waals surface area contributed by atoms with Crippen molar-refractivity contribution in [1.29, 1.82) is 0 Å². The highest BCUT2D eigenvalue weighted by molar-refractivity contribution is 8.00. The van der Waals surface area contributed by atoms with Gasteiger partial charge in [0.2, 0.25) is 5.82 Å². The number of benzene rings is 1. The first kappa shape index (κ1) is 18.8. The monoisotopic (exact) mass is 413 g/mol. The summed E-state index contributed by atoms with van der Waals surface area (Å²) in [4.78, 5) is 2.51. The topological polar surface area (TPSA) is 72.9 Å².